The summed E-state index contributed by atoms with van der Waals surface area (Å²) in [7, 11) is 0. The van der Waals surface area contributed by atoms with E-state index >= 15 is 0 Å². The summed E-state index contributed by atoms with van der Waals surface area (Å²) < 4.78 is 0. The maximum absolute atomic E-state index is 5.59. The average molecular weight is 140 g/mol. The van der Waals surface area contributed by atoms with Crippen LogP contribution in [0.3, 0.4) is 0 Å². The van der Waals surface area contributed by atoms with Crippen LogP contribution in [0.1, 0.15) is 12.8 Å². The van der Waals surface area contributed by atoms with E-state index in [1.165, 1.54) is 12.8 Å². The fraction of sp³-hybridized carbons (Fsp3) is 0.750. The first kappa shape index (κ1) is 7.76. The topological polar surface area (TPSA) is 38.0 Å². The summed E-state index contributed by atoms with van der Waals surface area (Å²) in [6.07, 6.45) is 4.48. The number of hydrogen-bond acceptors (Lipinski definition) is 2. The Kier molecular flexibility index (Phi) is 2.46. The van der Waals surface area contributed by atoms with E-state index in [0.717, 1.165) is 19.6 Å². The van der Waals surface area contributed by atoms with Gasteiger partial charge in [0.2, 0.25) is 0 Å². The van der Waals surface area contributed by atoms with E-state index in [1.54, 1.807) is 0 Å². The standard InChI is InChI=1S/C8H16N2/c1-2-5-10-7-8(6-9)3-4-8/h2,10H,1,3-7,9H2. The van der Waals surface area contributed by atoms with Crippen LogP contribution in [0.2, 0.25) is 0 Å². The van der Waals surface area contributed by atoms with Crippen molar-refractivity contribution in [1.82, 2.24) is 5.32 Å². The summed E-state index contributed by atoms with van der Waals surface area (Å²) >= 11 is 0. The summed E-state index contributed by atoms with van der Waals surface area (Å²) in [5.41, 5.74) is 6.05. The van der Waals surface area contributed by atoms with E-state index in [4.69, 9.17) is 5.73 Å². The Morgan fingerprint density at radius 1 is 1.60 bits per heavy atom. The van der Waals surface area contributed by atoms with Crippen molar-refractivity contribution < 1.29 is 0 Å². The Morgan fingerprint density at radius 3 is 2.70 bits per heavy atom. The maximum atomic E-state index is 5.59. The van der Waals surface area contributed by atoms with Crippen LogP contribution >= 0.6 is 0 Å². The summed E-state index contributed by atoms with van der Waals surface area (Å²) in [5, 5.41) is 3.29. The van der Waals surface area contributed by atoms with Gasteiger partial charge in [-0.2, -0.15) is 0 Å². The molecule has 10 heavy (non-hydrogen) atoms. The summed E-state index contributed by atoms with van der Waals surface area (Å²) in [5.74, 6) is 0. The highest BCUT2D eigenvalue weighted by molar-refractivity contribution is 4.95. The minimum atomic E-state index is 0.461. The quantitative estimate of drug-likeness (QED) is 0.431. The first-order valence-electron chi connectivity index (χ1n) is 3.85. The van der Waals surface area contributed by atoms with Gasteiger partial charge in [0.25, 0.3) is 0 Å². The van der Waals surface area contributed by atoms with Gasteiger partial charge in [0.05, 0.1) is 0 Å². The number of nitrogens with one attached hydrogen (secondary N) is 1. The molecule has 2 nitrogen and oxygen atoms in total. The molecule has 1 rings (SSSR count). The molecular formula is C8H16N2. The zero-order valence-corrected chi connectivity index (χ0v) is 6.40. The van der Waals surface area contributed by atoms with Crippen molar-refractivity contribution in [3.8, 4) is 0 Å². The molecule has 1 aliphatic rings. The molecule has 2 heteroatoms. The molecule has 0 unspecified atom stereocenters. The fourth-order valence-electron chi connectivity index (χ4n) is 1.07. The fourth-order valence-corrected chi connectivity index (χ4v) is 1.07. The summed E-state index contributed by atoms with van der Waals surface area (Å²) in [6.45, 7) is 6.43. The van der Waals surface area contributed by atoms with Gasteiger partial charge in [-0.1, -0.05) is 6.08 Å². The molecule has 0 aromatic heterocycles. The molecule has 0 radical (unpaired) electrons. The van der Waals surface area contributed by atoms with Crippen molar-refractivity contribution in [1.29, 1.82) is 0 Å². The van der Waals surface area contributed by atoms with Gasteiger partial charge in [-0.25, -0.2) is 0 Å². The number of nitrogens with two attached hydrogens (primary N) is 1. The van der Waals surface area contributed by atoms with E-state index in [2.05, 4.69) is 11.9 Å². The molecule has 0 aromatic carbocycles. The maximum Gasteiger partial charge on any atom is 0.0132 e. The Bertz CT molecular complexity index is 116. The van der Waals surface area contributed by atoms with Crippen molar-refractivity contribution in [2.24, 2.45) is 11.1 Å². The molecule has 1 saturated carbocycles. The van der Waals surface area contributed by atoms with Crippen LogP contribution in [0.15, 0.2) is 12.7 Å². The lowest BCUT2D eigenvalue weighted by Gasteiger charge is -2.11. The molecule has 0 heterocycles. The Hall–Kier alpha value is -0.340. The average Bonchev–Trinajstić information content (AvgIpc) is 2.70. The van der Waals surface area contributed by atoms with Crippen molar-refractivity contribution in [2.75, 3.05) is 19.6 Å². The molecule has 1 aliphatic carbocycles. The molecule has 0 aromatic rings. The van der Waals surface area contributed by atoms with Crippen LogP contribution in [-0.2, 0) is 0 Å². The summed E-state index contributed by atoms with van der Waals surface area (Å²) in [6, 6.07) is 0. The van der Waals surface area contributed by atoms with Gasteiger partial charge in [0.1, 0.15) is 0 Å². The van der Waals surface area contributed by atoms with E-state index in [9.17, 15) is 0 Å². The molecule has 0 bridgehead atoms. The van der Waals surface area contributed by atoms with E-state index in [0.29, 0.717) is 5.41 Å². The highest BCUT2D eigenvalue weighted by atomic mass is 14.9. The van der Waals surface area contributed by atoms with E-state index < -0.39 is 0 Å². The van der Waals surface area contributed by atoms with Gasteiger partial charge in [-0.3, -0.25) is 0 Å². The van der Waals surface area contributed by atoms with Gasteiger partial charge >= 0.3 is 0 Å². The van der Waals surface area contributed by atoms with Crippen LogP contribution in [0, 0.1) is 5.41 Å². The van der Waals surface area contributed by atoms with Crippen molar-refractivity contribution in [3.63, 3.8) is 0 Å². The molecular weight excluding hydrogens is 124 g/mol. The largest absolute Gasteiger partial charge is 0.330 e. The van der Waals surface area contributed by atoms with Crippen LogP contribution in [-0.4, -0.2) is 19.6 Å². The third-order valence-corrected chi connectivity index (χ3v) is 2.18. The van der Waals surface area contributed by atoms with Crippen LogP contribution < -0.4 is 11.1 Å². The van der Waals surface area contributed by atoms with Crippen LogP contribution in [0.5, 0.6) is 0 Å². The Balaban J connectivity index is 2.06. The number of rotatable bonds is 5. The molecule has 0 saturated heterocycles. The summed E-state index contributed by atoms with van der Waals surface area (Å²) in [4.78, 5) is 0. The van der Waals surface area contributed by atoms with Gasteiger partial charge < -0.3 is 11.1 Å². The molecule has 1 fully saturated rings. The van der Waals surface area contributed by atoms with Crippen molar-refractivity contribution >= 4 is 0 Å². The van der Waals surface area contributed by atoms with Crippen LogP contribution in [0.4, 0.5) is 0 Å². The normalized spacial score (nSPS) is 20.5. The minimum absolute atomic E-state index is 0.461. The molecule has 0 aliphatic heterocycles. The Labute approximate surface area is 62.5 Å². The zero-order chi connectivity index (χ0) is 7.45. The molecule has 0 amide bonds. The first-order chi connectivity index (χ1) is 4.83. The van der Waals surface area contributed by atoms with Gasteiger partial charge in [0, 0.05) is 13.1 Å². The minimum Gasteiger partial charge on any atom is -0.330 e. The molecule has 0 spiro atoms. The molecule has 58 valence electrons. The lowest BCUT2D eigenvalue weighted by molar-refractivity contribution is 0.482. The zero-order valence-electron chi connectivity index (χ0n) is 6.40. The third-order valence-electron chi connectivity index (χ3n) is 2.18. The van der Waals surface area contributed by atoms with Gasteiger partial charge in [-0.15, -0.1) is 6.58 Å². The smallest absolute Gasteiger partial charge is 0.0132 e. The van der Waals surface area contributed by atoms with Gasteiger partial charge in [0.15, 0.2) is 0 Å². The molecule has 0 atom stereocenters. The highest BCUT2D eigenvalue weighted by Crippen LogP contribution is 2.43. The van der Waals surface area contributed by atoms with E-state index in [-0.39, 0.29) is 0 Å². The second-order valence-electron chi connectivity index (χ2n) is 3.12. The predicted octanol–water partition coefficient (Wildman–Crippen LogP) is 0.501. The lowest BCUT2D eigenvalue weighted by Crippen LogP contribution is -2.29. The SMILES string of the molecule is C=CCNCC1(CN)CC1. The number of hydrogen-bond donors (Lipinski definition) is 2. The monoisotopic (exact) mass is 140 g/mol. The first-order valence-corrected chi connectivity index (χ1v) is 3.85. The van der Waals surface area contributed by atoms with Gasteiger partial charge in [-0.05, 0) is 24.8 Å². The van der Waals surface area contributed by atoms with Crippen molar-refractivity contribution in [2.45, 2.75) is 12.8 Å². The Morgan fingerprint density at radius 2 is 2.30 bits per heavy atom. The van der Waals surface area contributed by atoms with E-state index in [1.807, 2.05) is 6.08 Å². The lowest BCUT2D eigenvalue weighted by atomic mass is 10.1. The van der Waals surface area contributed by atoms with Crippen molar-refractivity contribution in [3.05, 3.63) is 12.7 Å². The highest BCUT2D eigenvalue weighted by Gasteiger charge is 2.40. The predicted molar refractivity (Wildman–Crippen MR) is 43.8 cm³/mol. The molecule has 3 N–H and O–H groups in total. The second-order valence-corrected chi connectivity index (χ2v) is 3.12. The third kappa shape index (κ3) is 1.82. The second kappa shape index (κ2) is 3.17. The van der Waals surface area contributed by atoms with Crippen LogP contribution in [0.25, 0.3) is 0 Å².